The van der Waals surface area contributed by atoms with Crippen LogP contribution in [0.2, 0.25) is 0 Å². The third-order valence-electron chi connectivity index (χ3n) is 10.1. The normalized spacial score (nSPS) is 24.8. The van der Waals surface area contributed by atoms with Gasteiger partial charge in [-0.3, -0.25) is 33.6 Å². The zero-order valence-corrected chi connectivity index (χ0v) is 33.9. The molecule has 57 heavy (non-hydrogen) atoms. The van der Waals surface area contributed by atoms with Crippen molar-refractivity contribution in [2.45, 2.75) is 116 Å². The van der Waals surface area contributed by atoms with E-state index in [2.05, 4.69) is 42.2 Å². The Kier molecular flexibility index (Phi) is 15.8. The molecule has 1 saturated heterocycles. The van der Waals surface area contributed by atoms with Crippen molar-refractivity contribution in [1.82, 2.24) is 42.2 Å². The van der Waals surface area contributed by atoms with Gasteiger partial charge in [-0.15, -0.1) is 0 Å². The van der Waals surface area contributed by atoms with Crippen LogP contribution in [0.5, 0.6) is 0 Å². The highest BCUT2D eigenvalue weighted by molar-refractivity contribution is 5.97. The molecule has 7 atom stereocenters. The molecule has 1 aliphatic rings. The number of fused-ring (bicyclic) bond motifs is 1. The molecule has 0 bridgehead atoms. The number of carbonyl (C=O) groups is 7. The first-order valence-corrected chi connectivity index (χ1v) is 19.7. The van der Waals surface area contributed by atoms with Crippen LogP contribution in [0, 0.1) is 11.8 Å². The van der Waals surface area contributed by atoms with E-state index in [1.807, 2.05) is 68.4 Å². The zero-order chi connectivity index (χ0) is 41.8. The van der Waals surface area contributed by atoms with E-state index in [4.69, 9.17) is 0 Å². The SMILES string of the molecule is CC(C)C[C@H]1NC(=O)[C@@H]([C@@H](C)c2ccccc2)NC(=O)[C@H](C(C)C)NC(=O)[C@H](C)NC(=O)CCCNC(=O)[C@@H](Cc2c[nH]c3ccccc23)NC(=O)[C@@H](C)NC1=O. The largest absolute Gasteiger partial charge is 0.361 e. The van der Waals surface area contributed by atoms with Crippen molar-refractivity contribution in [3.63, 3.8) is 0 Å². The molecular formula is C42H58N8O7. The summed E-state index contributed by atoms with van der Waals surface area (Å²) in [6, 6.07) is 10.2. The number of rotatable bonds is 7. The van der Waals surface area contributed by atoms with Crippen LogP contribution in [0.25, 0.3) is 10.9 Å². The first kappa shape index (κ1) is 44.0. The summed E-state index contributed by atoms with van der Waals surface area (Å²) in [5, 5.41) is 20.2. The number of para-hydroxylation sites is 1. The first-order valence-electron chi connectivity index (χ1n) is 19.7. The Morgan fingerprint density at radius 3 is 1.89 bits per heavy atom. The Labute approximate surface area is 334 Å². The molecule has 0 aliphatic carbocycles. The standard InChI is InChI=1S/C42H58N8O7/c1-23(2)20-32-40(55)46-27(7)37(52)47-33(21-29-22-44-31-17-12-11-16-30(29)31)39(54)43-19-13-18-34(51)45-26(6)38(53)49-35(24(3)4)41(56)50-36(42(57)48-32)25(5)28-14-9-8-10-15-28/h8-12,14-17,22-27,32-33,35-36,44H,13,18-21H2,1-7H3,(H,43,54)(H,45,51)(H,46,55)(H,47,52)(H,48,57)(H,49,53)(H,50,56)/t25-,26-,27+,32+,33+,35-,36+/m0/s1. The van der Waals surface area contributed by atoms with Crippen molar-refractivity contribution in [2.75, 3.05) is 6.54 Å². The summed E-state index contributed by atoms with van der Waals surface area (Å²) >= 11 is 0. The molecule has 0 unspecified atom stereocenters. The van der Waals surface area contributed by atoms with E-state index in [0.29, 0.717) is 0 Å². The Balaban J connectivity index is 1.66. The molecule has 2 heterocycles. The number of benzene rings is 2. The van der Waals surface area contributed by atoms with Crippen LogP contribution < -0.4 is 37.2 Å². The van der Waals surface area contributed by atoms with Crippen molar-refractivity contribution in [2.24, 2.45) is 11.8 Å². The van der Waals surface area contributed by atoms with Crippen molar-refractivity contribution >= 4 is 52.3 Å². The Hall–Kier alpha value is -5.73. The minimum Gasteiger partial charge on any atom is -0.361 e. The minimum absolute atomic E-state index is 0.0136. The van der Waals surface area contributed by atoms with E-state index in [1.165, 1.54) is 13.8 Å². The Bertz CT molecular complexity index is 1890. The molecule has 1 aliphatic heterocycles. The number of nitrogens with one attached hydrogen (secondary N) is 8. The van der Waals surface area contributed by atoms with Crippen LogP contribution in [0.3, 0.4) is 0 Å². The summed E-state index contributed by atoms with van der Waals surface area (Å²) in [5.41, 5.74) is 2.40. The lowest BCUT2D eigenvalue weighted by atomic mass is 9.91. The first-order chi connectivity index (χ1) is 27.0. The molecule has 1 aromatic heterocycles. The molecule has 4 rings (SSSR count). The fourth-order valence-electron chi connectivity index (χ4n) is 6.76. The van der Waals surface area contributed by atoms with Gasteiger partial charge in [0.1, 0.15) is 36.3 Å². The average molecular weight is 787 g/mol. The number of amides is 7. The van der Waals surface area contributed by atoms with Gasteiger partial charge >= 0.3 is 0 Å². The van der Waals surface area contributed by atoms with E-state index in [0.717, 1.165) is 22.0 Å². The zero-order valence-electron chi connectivity index (χ0n) is 33.9. The molecule has 1 fully saturated rings. The van der Waals surface area contributed by atoms with Crippen molar-refractivity contribution in [3.05, 3.63) is 71.9 Å². The quantitative estimate of drug-likeness (QED) is 0.178. The van der Waals surface area contributed by atoms with Crippen LogP contribution in [0.15, 0.2) is 60.8 Å². The smallest absolute Gasteiger partial charge is 0.243 e. The lowest BCUT2D eigenvalue weighted by molar-refractivity contribution is -0.136. The number of hydrogen-bond acceptors (Lipinski definition) is 7. The lowest BCUT2D eigenvalue weighted by Gasteiger charge is -2.31. The highest BCUT2D eigenvalue weighted by atomic mass is 16.2. The summed E-state index contributed by atoms with van der Waals surface area (Å²) in [6.45, 7) is 12.1. The summed E-state index contributed by atoms with van der Waals surface area (Å²) in [6.07, 6.45) is 2.35. The van der Waals surface area contributed by atoms with Gasteiger partial charge in [-0.2, -0.15) is 0 Å². The van der Waals surface area contributed by atoms with Crippen molar-refractivity contribution < 1.29 is 33.6 Å². The molecule has 15 heteroatoms. The highest BCUT2D eigenvalue weighted by Crippen LogP contribution is 2.22. The second-order valence-corrected chi connectivity index (χ2v) is 15.6. The van der Waals surface area contributed by atoms with Crippen LogP contribution in [0.1, 0.15) is 84.8 Å². The molecule has 8 N–H and O–H groups in total. The average Bonchev–Trinajstić information content (AvgIpc) is 3.58. The minimum atomic E-state index is -1.18. The maximum Gasteiger partial charge on any atom is 0.243 e. The number of aromatic amines is 1. The highest BCUT2D eigenvalue weighted by Gasteiger charge is 2.36. The predicted octanol–water partition coefficient (Wildman–Crippen LogP) is 2.07. The van der Waals surface area contributed by atoms with Crippen LogP contribution in [-0.2, 0) is 40.0 Å². The van der Waals surface area contributed by atoms with Gasteiger partial charge in [-0.05, 0) is 55.7 Å². The summed E-state index contributed by atoms with van der Waals surface area (Å²) in [5.74, 6) is -5.05. The fourth-order valence-corrected chi connectivity index (χ4v) is 6.76. The van der Waals surface area contributed by atoms with Crippen LogP contribution >= 0.6 is 0 Å². The van der Waals surface area contributed by atoms with Gasteiger partial charge in [-0.25, -0.2) is 0 Å². The number of aromatic nitrogens is 1. The molecule has 0 radical (unpaired) electrons. The van der Waals surface area contributed by atoms with E-state index in [1.54, 1.807) is 27.0 Å². The number of hydrogen-bond donors (Lipinski definition) is 8. The van der Waals surface area contributed by atoms with Gasteiger partial charge in [0, 0.05) is 42.4 Å². The molecular weight excluding hydrogens is 729 g/mol. The molecule has 2 aromatic carbocycles. The molecule has 0 saturated carbocycles. The van der Waals surface area contributed by atoms with Gasteiger partial charge in [-0.1, -0.05) is 83.1 Å². The third kappa shape index (κ3) is 12.4. The molecule has 0 spiro atoms. The summed E-state index contributed by atoms with van der Waals surface area (Å²) in [7, 11) is 0. The van der Waals surface area contributed by atoms with E-state index < -0.39 is 89.4 Å². The van der Waals surface area contributed by atoms with Gasteiger partial charge in [0.05, 0.1) is 0 Å². The second-order valence-electron chi connectivity index (χ2n) is 15.6. The maximum atomic E-state index is 14.2. The van der Waals surface area contributed by atoms with E-state index in [-0.39, 0.29) is 38.1 Å². The molecule has 15 nitrogen and oxygen atoms in total. The van der Waals surface area contributed by atoms with Crippen LogP contribution in [-0.4, -0.2) is 89.1 Å². The number of carbonyl (C=O) groups excluding carboxylic acids is 7. The summed E-state index contributed by atoms with van der Waals surface area (Å²) < 4.78 is 0. The molecule has 308 valence electrons. The third-order valence-corrected chi connectivity index (χ3v) is 10.1. The van der Waals surface area contributed by atoms with Gasteiger partial charge < -0.3 is 42.2 Å². The monoisotopic (exact) mass is 786 g/mol. The topological polar surface area (TPSA) is 219 Å². The van der Waals surface area contributed by atoms with E-state index >= 15 is 0 Å². The predicted molar refractivity (Wildman–Crippen MR) is 216 cm³/mol. The van der Waals surface area contributed by atoms with Gasteiger partial charge in [0.15, 0.2) is 0 Å². The van der Waals surface area contributed by atoms with Gasteiger partial charge in [0.25, 0.3) is 0 Å². The summed E-state index contributed by atoms with van der Waals surface area (Å²) in [4.78, 5) is 98.6. The van der Waals surface area contributed by atoms with E-state index in [9.17, 15) is 33.6 Å². The Morgan fingerprint density at radius 1 is 0.614 bits per heavy atom. The van der Waals surface area contributed by atoms with Crippen molar-refractivity contribution in [3.8, 4) is 0 Å². The lowest BCUT2D eigenvalue weighted by Crippen LogP contribution is -2.61. The molecule has 7 amide bonds. The second kappa shape index (κ2) is 20.4. The molecule has 3 aromatic rings. The maximum absolute atomic E-state index is 14.2. The number of H-pyrrole nitrogens is 1. The van der Waals surface area contributed by atoms with Crippen molar-refractivity contribution in [1.29, 1.82) is 0 Å². The fraction of sp³-hybridized carbons (Fsp3) is 0.500. The van der Waals surface area contributed by atoms with Gasteiger partial charge in [0.2, 0.25) is 41.4 Å². The Morgan fingerprint density at radius 2 is 1.21 bits per heavy atom. The van der Waals surface area contributed by atoms with Crippen LogP contribution in [0.4, 0.5) is 0 Å².